The lowest BCUT2D eigenvalue weighted by Crippen LogP contribution is -2.38. The highest BCUT2D eigenvalue weighted by molar-refractivity contribution is 5.82. The van der Waals surface area contributed by atoms with Crippen LogP contribution in [0.25, 0.3) is 0 Å². The van der Waals surface area contributed by atoms with Crippen LogP contribution in [0, 0.1) is 0 Å². The number of nitrogens with zero attached hydrogens (tertiary/aromatic N) is 2. The molecule has 3 nitrogen and oxygen atoms in total. The Morgan fingerprint density at radius 1 is 1.43 bits per heavy atom. The van der Waals surface area contributed by atoms with Gasteiger partial charge in [-0.05, 0) is 39.3 Å². The molecule has 80 valence electrons. The molecule has 2 aliphatic heterocycles. The largest absolute Gasteiger partial charge is 0.372 e. The van der Waals surface area contributed by atoms with E-state index in [2.05, 4.69) is 22.3 Å². The average Bonchev–Trinajstić information content (AvgIpc) is 2.63. The predicted octanol–water partition coefficient (Wildman–Crippen LogP) is 1.25. The summed E-state index contributed by atoms with van der Waals surface area (Å²) in [4.78, 5) is 6.96. The van der Waals surface area contributed by atoms with E-state index in [9.17, 15) is 0 Å². The first-order valence-corrected chi connectivity index (χ1v) is 5.84. The van der Waals surface area contributed by atoms with Gasteiger partial charge in [0.2, 0.25) is 0 Å². The first-order chi connectivity index (χ1) is 6.86. The summed E-state index contributed by atoms with van der Waals surface area (Å²) in [6, 6.07) is 0.736. The summed E-state index contributed by atoms with van der Waals surface area (Å²) in [5.74, 6) is 1.25. The molecular formula is C11H21N3. The van der Waals surface area contributed by atoms with Gasteiger partial charge in [-0.2, -0.15) is 0 Å². The fourth-order valence-corrected chi connectivity index (χ4v) is 2.31. The molecule has 2 rings (SSSR count). The van der Waals surface area contributed by atoms with Gasteiger partial charge < -0.3 is 10.2 Å². The lowest BCUT2D eigenvalue weighted by Gasteiger charge is -2.22. The Labute approximate surface area is 86.6 Å². The molecule has 1 atom stereocenters. The highest BCUT2D eigenvalue weighted by Gasteiger charge is 2.20. The average molecular weight is 195 g/mol. The van der Waals surface area contributed by atoms with E-state index in [1.807, 2.05) is 0 Å². The molecule has 0 aromatic carbocycles. The maximum atomic E-state index is 4.50. The van der Waals surface area contributed by atoms with Gasteiger partial charge in [0.1, 0.15) is 0 Å². The molecule has 0 aromatic heterocycles. The standard InChI is InChI=1S/C11H21N3/c1-14-8-4-5-10(14)9-13-11-6-2-3-7-12-11/h10H,2-9H2,1H3,(H,12,13)/t10-/m1/s1. The highest BCUT2D eigenvalue weighted by atomic mass is 15.2. The highest BCUT2D eigenvalue weighted by Crippen LogP contribution is 2.14. The Bertz CT molecular complexity index is 213. The molecule has 0 aliphatic carbocycles. The topological polar surface area (TPSA) is 27.6 Å². The Kier molecular flexibility index (Phi) is 3.40. The monoisotopic (exact) mass is 195 g/mol. The Morgan fingerprint density at radius 3 is 3.00 bits per heavy atom. The van der Waals surface area contributed by atoms with Crippen LogP contribution in [-0.4, -0.2) is 43.5 Å². The molecule has 14 heavy (non-hydrogen) atoms. The third kappa shape index (κ3) is 2.47. The fraction of sp³-hybridized carbons (Fsp3) is 0.909. The summed E-state index contributed by atoms with van der Waals surface area (Å²) in [7, 11) is 2.22. The van der Waals surface area contributed by atoms with Crippen LogP contribution in [0.4, 0.5) is 0 Å². The molecule has 0 unspecified atom stereocenters. The second-order valence-electron chi connectivity index (χ2n) is 4.44. The van der Waals surface area contributed by atoms with Gasteiger partial charge in [0.25, 0.3) is 0 Å². The minimum atomic E-state index is 0.736. The van der Waals surface area contributed by atoms with Crippen molar-refractivity contribution in [1.29, 1.82) is 0 Å². The van der Waals surface area contributed by atoms with Crippen molar-refractivity contribution in [3.8, 4) is 0 Å². The molecule has 0 saturated carbocycles. The molecule has 3 heteroatoms. The minimum absolute atomic E-state index is 0.736. The number of amidine groups is 1. The Hall–Kier alpha value is -0.570. The van der Waals surface area contributed by atoms with Crippen molar-refractivity contribution >= 4 is 5.84 Å². The number of likely N-dealkylation sites (tertiary alicyclic amines) is 1. The fourth-order valence-electron chi connectivity index (χ4n) is 2.31. The van der Waals surface area contributed by atoms with Crippen molar-refractivity contribution in [2.24, 2.45) is 4.99 Å². The van der Waals surface area contributed by atoms with Gasteiger partial charge in [0, 0.05) is 25.6 Å². The SMILES string of the molecule is CN1CCC[C@@H]1CNC1=NCCCC1. The van der Waals surface area contributed by atoms with Gasteiger partial charge in [-0.25, -0.2) is 0 Å². The first kappa shape index (κ1) is 9.97. The molecule has 0 radical (unpaired) electrons. The zero-order chi connectivity index (χ0) is 9.80. The van der Waals surface area contributed by atoms with Crippen LogP contribution in [-0.2, 0) is 0 Å². The van der Waals surface area contributed by atoms with Crippen molar-refractivity contribution in [2.45, 2.75) is 38.1 Å². The van der Waals surface area contributed by atoms with Crippen LogP contribution >= 0.6 is 0 Å². The van der Waals surface area contributed by atoms with Crippen LogP contribution in [0.1, 0.15) is 32.1 Å². The van der Waals surface area contributed by atoms with Crippen molar-refractivity contribution < 1.29 is 0 Å². The van der Waals surface area contributed by atoms with Gasteiger partial charge in [-0.1, -0.05) is 0 Å². The maximum absolute atomic E-state index is 4.50. The lowest BCUT2D eigenvalue weighted by atomic mass is 10.1. The number of hydrogen-bond acceptors (Lipinski definition) is 3. The van der Waals surface area contributed by atoms with Gasteiger partial charge >= 0.3 is 0 Å². The van der Waals surface area contributed by atoms with E-state index in [1.54, 1.807) is 0 Å². The summed E-state index contributed by atoms with van der Waals surface area (Å²) in [5, 5.41) is 3.50. The molecule has 0 aromatic rings. The van der Waals surface area contributed by atoms with Crippen LogP contribution in [0.2, 0.25) is 0 Å². The van der Waals surface area contributed by atoms with Crippen LogP contribution < -0.4 is 5.32 Å². The van der Waals surface area contributed by atoms with E-state index in [1.165, 1.54) is 38.1 Å². The number of nitrogens with one attached hydrogen (secondary N) is 1. The van der Waals surface area contributed by atoms with Crippen molar-refractivity contribution in [3.05, 3.63) is 0 Å². The van der Waals surface area contributed by atoms with E-state index >= 15 is 0 Å². The number of rotatable bonds is 2. The number of likely N-dealkylation sites (N-methyl/N-ethyl adjacent to an activating group) is 1. The Morgan fingerprint density at radius 2 is 2.36 bits per heavy atom. The van der Waals surface area contributed by atoms with E-state index < -0.39 is 0 Å². The molecular weight excluding hydrogens is 174 g/mol. The quantitative estimate of drug-likeness (QED) is 0.718. The number of aliphatic imine (C=N–C) groups is 1. The third-order valence-corrected chi connectivity index (χ3v) is 3.34. The molecule has 1 N–H and O–H groups in total. The van der Waals surface area contributed by atoms with Crippen molar-refractivity contribution in [2.75, 3.05) is 26.7 Å². The molecule has 1 saturated heterocycles. The van der Waals surface area contributed by atoms with Crippen LogP contribution in [0.5, 0.6) is 0 Å². The molecule has 0 bridgehead atoms. The van der Waals surface area contributed by atoms with Gasteiger partial charge in [0.05, 0.1) is 5.84 Å². The third-order valence-electron chi connectivity index (χ3n) is 3.34. The van der Waals surface area contributed by atoms with Crippen molar-refractivity contribution in [1.82, 2.24) is 10.2 Å². The summed E-state index contributed by atoms with van der Waals surface area (Å²) < 4.78 is 0. The zero-order valence-corrected chi connectivity index (χ0v) is 9.13. The zero-order valence-electron chi connectivity index (χ0n) is 9.13. The second kappa shape index (κ2) is 4.78. The summed E-state index contributed by atoms with van der Waals surface area (Å²) >= 11 is 0. The van der Waals surface area contributed by atoms with Gasteiger partial charge in [0.15, 0.2) is 0 Å². The van der Waals surface area contributed by atoms with E-state index in [4.69, 9.17) is 0 Å². The normalized spacial score (nSPS) is 28.9. The summed E-state index contributed by atoms with van der Waals surface area (Å²) in [6.45, 7) is 3.39. The summed E-state index contributed by atoms with van der Waals surface area (Å²) in [6.07, 6.45) is 6.45. The van der Waals surface area contributed by atoms with Gasteiger partial charge in [-0.15, -0.1) is 0 Å². The molecule has 1 fully saturated rings. The smallest absolute Gasteiger partial charge is 0.0963 e. The molecule has 2 heterocycles. The molecule has 0 spiro atoms. The molecule has 2 aliphatic rings. The number of hydrogen-bond donors (Lipinski definition) is 1. The summed E-state index contributed by atoms with van der Waals surface area (Å²) in [5.41, 5.74) is 0. The molecule has 0 amide bonds. The van der Waals surface area contributed by atoms with E-state index in [0.717, 1.165) is 25.6 Å². The maximum Gasteiger partial charge on any atom is 0.0963 e. The van der Waals surface area contributed by atoms with Crippen LogP contribution in [0.3, 0.4) is 0 Å². The van der Waals surface area contributed by atoms with E-state index in [0.29, 0.717) is 0 Å². The first-order valence-electron chi connectivity index (χ1n) is 5.84. The Balaban J connectivity index is 1.73. The predicted molar refractivity (Wildman–Crippen MR) is 59.8 cm³/mol. The van der Waals surface area contributed by atoms with Crippen LogP contribution in [0.15, 0.2) is 4.99 Å². The minimum Gasteiger partial charge on any atom is -0.372 e. The van der Waals surface area contributed by atoms with Gasteiger partial charge in [-0.3, -0.25) is 4.99 Å². The van der Waals surface area contributed by atoms with Crippen molar-refractivity contribution in [3.63, 3.8) is 0 Å². The van der Waals surface area contributed by atoms with E-state index in [-0.39, 0.29) is 0 Å². The lowest BCUT2D eigenvalue weighted by molar-refractivity contribution is 0.309. The second-order valence-corrected chi connectivity index (χ2v) is 4.44.